The SMILES string of the molecule is Cc1ccc(-n2nnnc2SCCOC(C)C)c(C)c1. The molecule has 0 amide bonds. The van der Waals surface area contributed by atoms with Crippen LogP contribution in [0, 0.1) is 13.8 Å². The van der Waals surface area contributed by atoms with Gasteiger partial charge in [-0.1, -0.05) is 29.5 Å². The highest BCUT2D eigenvalue weighted by atomic mass is 32.2. The average Bonchev–Trinajstić information content (AvgIpc) is 2.82. The van der Waals surface area contributed by atoms with Gasteiger partial charge in [-0.2, -0.15) is 4.68 Å². The highest BCUT2D eigenvalue weighted by Gasteiger charge is 2.11. The first-order valence-corrected chi connectivity index (χ1v) is 7.67. The molecular weight excluding hydrogens is 272 g/mol. The van der Waals surface area contributed by atoms with Crippen LogP contribution >= 0.6 is 11.8 Å². The van der Waals surface area contributed by atoms with Crippen molar-refractivity contribution in [3.05, 3.63) is 29.3 Å². The van der Waals surface area contributed by atoms with Crippen LogP contribution in [0.3, 0.4) is 0 Å². The van der Waals surface area contributed by atoms with E-state index in [1.807, 2.05) is 13.8 Å². The maximum absolute atomic E-state index is 5.53. The molecule has 0 saturated heterocycles. The molecule has 0 aliphatic heterocycles. The molecule has 0 atom stereocenters. The monoisotopic (exact) mass is 292 g/mol. The lowest BCUT2D eigenvalue weighted by Crippen LogP contribution is -2.07. The van der Waals surface area contributed by atoms with Crippen LogP contribution in [0.1, 0.15) is 25.0 Å². The van der Waals surface area contributed by atoms with E-state index < -0.39 is 0 Å². The molecule has 0 bridgehead atoms. The lowest BCUT2D eigenvalue weighted by atomic mass is 10.1. The minimum atomic E-state index is 0.255. The van der Waals surface area contributed by atoms with Gasteiger partial charge < -0.3 is 4.74 Å². The van der Waals surface area contributed by atoms with E-state index in [0.717, 1.165) is 22.2 Å². The number of hydrogen-bond donors (Lipinski definition) is 0. The summed E-state index contributed by atoms with van der Waals surface area (Å²) >= 11 is 1.61. The minimum absolute atomic E-state index is 0.255. The van der Waals surface area contributed by atoms with Crippen LogP contribution in [0.15, 0.2) is 23.4 Å². The van der Waals surface area contributed by atoms with Crippen LogP contribution in [0.25, 0.3) is 5.69 Å². The van der Waals surface area contributed by atoms with Crippen LogP contribution in [0.2, 0.25) is 0 Å². The van der Waals surface area contributed by atoms with Gasteiger partial charge in [0.15, 0.2) is 0 Å². The number of aromatic nitrogens is 4. The number of hydrogen-bond acceptors (Lipinski definition) is 5. The lowest BCUT2D eigenvalue weighted by molar-refractivity contribution is 0.0920. The first kappa shape index (κ1) is 15.0. The van der Waals surface area contributed by atoms with Crippen LogP contribution < -0.4 is 0 Å². The van der Waals surface area contributed by atoms with Gasteiger partial charge in [0.05, 0.1) is 18.4 Å². The molecule has 0 saturated carbocycles. The summed E-state index contributed by atoms with van der Waals surface area (Å²) in [6, 6.07) is 6.25. The predicted octanol–water partition coefficient (Wildman–Crippen LogP) is 2.80. The third-order valence-corrected chi connectivity index (χ3v) is 3.67. The van der Waals surface area contributed by atoms with Crippen LogP contribution in [0.5, 0.6) is 0 Å². The average molecular weight is 292 g/mol. The molecule has 5 nitrogen and oxygen atoms in total. The Labute approximate surface area is 123 Å². The van der Waals surface area contributed by atoms with Crippen molar-refractivity contribution in [1.82, 2.24) is 20.2 Å². The predicted molar refractivity (Wildman–Crippen MR) is 80.4 cm³/mol. The zero-order valence-electron chi connectivity index (χ0n) is 12.3. The van der Waals surface area contributed by atoms with Gasteiger partial charge in [0.2, 0.25) is 5.16 Å². The Morgan fingerprint density at radius 3 is 2.80 bits per heavy atom. The number of rotatable bonds is 6. The van der Waals surface area contributed by atoms with Gasteiger partial charge in [0.1, 0.15) is 0 Å². The molecule has 0 fully saturated rings. The van der Waals surface area contributed by atoms with Gasteiger partial charge in [-0.25, -0.2) is 0 Å². The van der Waals surface area contributed by atoms with Crippen LogP contribution in [0.4, 0.5) is 0 Å². The van der Waals surface area contributed by atoms with E-state index in [0.29, 0.717) is 6.61 Å². The van der Waals surface area contributed by atoms with Crippen molar-refractivity contribution >= 4 is 11.8 Å². The Morgan fingerprint density at radius 1 is 1.30 bits per heavy atom. The summed E-state index contributed by atoms with van der Waals surface area (Å²) in [6.07, 6.45) is 0.255. The second-order valence-electron chi connectivity index (χ2n) is 4.93. The summed E-state index contributed by atoms with van der Waals surface area (Å²) in [5, 5.41) is 12.7. The lowest BCUT2D eigenvalue weighted by Gasteiger charge is -2.09. The zero-order chi connectivity index (χ0) is 14.5. The number of nitrogens with zero attached hydrogens (tertiary/aromatic N) is 4. The van der Waals surface area contributed by atoms with Gasteiger partial charge in [-0.3, -0.25) is 0 Å². The number of aryl methyl sites for hydroxylation is 2. The standard InChI is InChI=1S/C14H20N4OS/c1-10(2)19-7-8-20-14-15-16-17-18(14)13-6-5-11(3)9-12(13)4/h5-6,9-10H,7-8H2,1-4H3. The number of tetrazole rings is 1. The van der Waals surface area contributed by atoms with E-state index in [9.17, 15) is 0 Å². The fraction of sp³-hybridized carbons (Fsp3) is 0.500. The highest BCUT2D eigenvalue weighted by molar-refractivity contribution is 7.99. The van der Waals surface area contributed by atoms with Gasteiger partial charge in [-0.05, 0) is 49.8 Å². The van der Waals surface area contributed by atoms with Crippen molar-refractivity contribution < 1.29 is 4.74 Å². The molecule has 1 aromatic heterocycles. The summed E-state index contributed by atoms with van der Waals surface area (Å²) in [5.41, 5.74) is 3.42. The Hall–Kier alpha value is -1.40. The largest absolute Gasteiger partial charge is 0.378 e. The minimum Gasteiger partial charge on any atom is -0.378 e. The summed E-state index contributed by atoms with van der Waals surface area (Å²) in [4.78, 5) is 0. The maximum atomic E-state index is 5.53. The second kappa shape index (κ2) is 6.85. The molecule has 0 aliphatic rings. The fourth-order valence-corrected chi connectivity index (χ4v) is 2.59. The Morgan fingerprint density at radius 2 is 2.10 bits per heavy atom. The van der Waals surface area contributed by atoms with Crippen LogP contribution in [-0.4, -0.2) is 38.7 Å². The van der Waals surface area contributed by atoms with E-state index in [4.69, 9.17) is 4.74 Å². The topological polar surface area (TPSA) is 52.8 Å². The Kier molecular flexibility index (Phi) is 5.14. The summed E-state index contributed by atoms with van der Waals surface area (Å²) < 4.78 is 7.31. The van der Waals surface area contributed by atoms with E-state index in [1.54, 1.807) is 16.4 Å². The van der Waals surface area contributed by atoms with Gasteiger partial charge >= 0.3 is 0 Å². The van der Waals surface area contributed by atoms with E-state index in [-0.39, 0.29) is 6.10 Å². The van der Waals surface area contributed by atoms with Crippen molar-refractivity contribution in [1.29, 1.82) is 0 Å². The third-order valence-electron chi connectivity index (χ3n) is 2.79. The van der Waals surface area contributed by atoms with Crippen LogP contribution in [-0.2, 0) is 4.74 Å². The quantitative estimate of drug-likeness (QED) is 0.605. The third kappa shape index (κ3) is 3.80. The summed E-state index contributed by atoms with van der Waals surface area (Å²) in [7, 11) is 0. The van der Waals surface area contributed by atoms with Gasteiger partial charge in [0.25, 0.3) is 0 Å². The highest BCUT2D eigenvalue weighted by Crippen LogP contribution is 2.21. The molecule has 1 aromatic carbocycles. The molecule has 0 unspecified atom stereocenters. The molecule has 2 aromatic rings. The fourth-order valence-electron chi connectivity index (χ4n) is 1.88. The molecule has 0 N–H and O–H groups in total. The molecule has 0 spiro atoms. The Balaban J connectivity index is 2.08. The summed E-state index contributed by atoms with van der Waals surface area (Å²) in [6.45, 7) is 8.91. The number of benzene rings is 1. The van der Waals surface area contributed by atoms with Crippen molar-refractivity contribution in [3.63, 3.8) is 0 Å². The van der Waals surface area contributed by atoms with E-state index >= 15 is 0 Å². The van der Waals surface area contributed by atoms with Crippen molar-refractivity contribution in [2.24, 2.45) is 0 Å². The van der Waals surface area contributed by atoms with Crippen molar-refractivity contribution in [3.8, 4) is 5.69 Å². The van der Waals surface area contributed by atoms with E-state index in [2.05, 4.69) is 47.6 Å². The molecule has 108 valence electrons. The van der Waals surface area contributed by atoms with Gasteiger partial charge in [-0.15, -0.1) is 5.10 Å². The maximum Gasteiger partial charge on any atom is 0.214 e. The zero-order valence-corrected chi connectivity index (χ0v) is 13.1. The first-order valence-electron chi connectivity index (χ1n) is 6.68. The molecule has 6 heteroatoms. The first-order chi connectivity index (χ1) is 9.58. The number of thioether (sulfide) groups is 1. The molecule has 0 aliphatic carbocycles. The smallest absolute Gasteiger partial charge is 0.214 e. The molecule has 0 radical (unpaired) electrons. The summed E-state index contributed by atoms with van der Waals surface area (Å²) in [5.74, 6) is 0.837. The van der Waals surface area contributed by atoms with Crippen molar-refractivity contribution in [2.45, 2.75) is 39.0 Å². The van der Waals surface area contributed by atoms with Crippen molar-refractivity contribution in [2.75, 3.05) is 12.4 Å². The van der Waals surface area contributed by atoms with E-state index in [1.165, 1.54) is 5.56 Å². The van der Waals surface area contributed by atoms with Gasteiger partial charge in [0, 0.05) is 5.75 Å². The molecular formula is C14H20N4OS. The normalized spacial score (nSPS) is 11.2. The molecule has 1 heterocycles. The Bertz CT molecular complexity index is 568. The number of ether oxygens (including phenoxy) is 1. The molecule has 20 heavy (non-hydrogen) atoms. The second-order valence-corrected chi connectivity index (χ2v) is 5.99. The molecule has 2 rings (SSSR count).